The Morgan fingerprint density at radius 2 is 0.983 bits per heavy atom. The van der Waals surface area contributed by atoms with E-state index in [9.17, 15) is 24.0 Å². The summed E-state index contributed by atoms with van der Waals surface area (Å²) in [5.41, 5.74) is 5.35. The number of carbonyl (C=O) groups is 5. The first-order chi connectivity index (χ1) is 27.1. The molecular formula is C42H59ClN4O12. The van der Waals surface area contributed by atoms with Crippen molar-refractivity contribution in [2.75, 3.05) is 0 Å². The molecule has 0 radical (unpaired) electrons. The van der Waals surface area contributed by atoms with E-state index in [0.29, 0.717) is 19.8 Å². The molecule has 0 aromatic heterocycles. The number of carbonyl (C=O) groups excluding carboxylic acids is 5. The van der Waals surface area contributed by atoms with E-state index in [1.165, 1.54) is 0 Å². The number of amides is 4. The maximum absolute atomic E-state index is 11.8. The second-order valence-corrected chi connectivity index (χ2v) is 14.5. The zero-order chi connectivity index (χ0) is 44.2. The van der Waals surface area contributed by atoms with Crippen LogP contribution in [0.4, 0.5) is 14.4 Å². The lowest BCUT2D eigenvalue weighted by atomic mass is 10.2. The average Bonchev–Trinajstić information content (AvgIpc) is 3.13. The minimum Gasteiger partial charge on any atom is -0.442 e. The van der Waals surface area contributed by atoms with Crippen molar-refractivity contribution in [2.24, 2.45) is 5.90 Å². The summed E-state index contributed by atoms with van der Waals surface area (Å²) in [5, 5.41) is 0.159. The summed E-state index contributed by atoms with van der Waals surface area (Å²) in [7, 11) is 0. The first-order valence-electron chi connectivity index (χ1n) is 17.8. The molecule has 16 nitrogen and oxygen atoms in total. The number of benzene rings is 3. The number of hydroxylamine groups is 4. The molecule has 0 aliphatic carbocycles. The van der Waals surface area contributed by atoms with Crippen molar-refractivity contribution in [3.05, 3.63) is 133 Å². The Morgan fingerprint density at radius 3 is 1.34 bits per heavy atom. The van der Waals surface area contributed by atoms with Gasteiger partial charge in [0, 0.05) is 0 Å². The normalized spacial score (nSPS) is 10.3. The van der Waals surface area contributed by atoms with E-state index in [-0.39, 0.29) is 23.4 Å². The van der Waals surface area contributed by atoms with Crippen molar-refractivity contribution in [3.8, 4) is 0 Å². The van der Waals surface area contributed by atoms with Crippen LogP contribution in [-0.4, -0.2) is 52.0 Å². The van der Waals surface area contributed by atoms with E-state index >= 15 is 0 Å². The second-order valence-electron chi connectivity index (χ2n) is 14.5. The average molecular weight is 847 g/mol. The van der Waals surface area contributed by atoms with Crippen molar-refractivity contribution in [1.29, 1.82) is 0 Å². The Hall–Kier alpha value is -5.78. The lowest BCUT2D eigenvalue weighted by Crippen LogP contribution is -2.42. The summed E-state index contributed by atoms with van der Waals surface area (Å²) in [6, 6.07) is 28.9. The Balaban J connectivity index is 0. The molecule has 0 fully saturated rings. The fourth-order valence-electron chi connectivity index (χ4n) is 3.43. The SMILES string of the molecule is C=CC(=O)N(OC(=O)OC(C)(C)C)C(=O)OC(C)(C)C.C=CC(=O)NOCc1ccccc1.CC(C)(C)OC(=O)NOCc1ccccc1.Cl.NOCc1ccccc1. The van der Waals surface area contributed by atoms with Crippen LogP contribution in [0.2, 0.25) is 0 Å². The number of nitrogens with two attached hydrogens (primary N) is 1. The fourth-order valence-corrected chi connectivity index (χ4v) is 3.43. The van der Waals surface area contributed by atoms with E-state index in [1.807, 2.05) is 91.0 Å². The van der Waals surface area contributed by atoms with E-state index in [4.69, 9.17) is 29.8 Å². The topological polar surface area (TPSA) is 203 Å². The van der Waals surface area contributed by atoms with Crippen LogP contribution in [0.15, 0.2) is 116 Å². The van der Waals surface area contributed by atoms with Gasteiger partial charge in [0.15, 0.2) is 0 Å². The summed E-state index contributed by atoms with van der Waals surface area (Å²) in [4.78, 5) is 75.5. The van der Waals surface area contributed by atoms with Crippen LogP contribution in [0.25, 0.3) is 0 Å². The van der Waals surface area contributed by atoms with Crippen molar-refractivity contribution in [1.82, 2.24) is 16.0 Å². The summed E-state index contributed by atoms with van der Waals surface area (Å²) < 4.78 is 14.8. The molecule has 3 aromatic rings. The van der Waals surface area contributed by atoms with Gasteiger partial charge < -0.3 is 14.2 Å². The zero-order valence-electron chi connectivity index (χ0n) is 35.2. The van der Waals surface area contributed by atoms with Gasteiger partial charge >= 0.3 is 18.3 Å². The van der Waals surface area contributed by atoms with Crippen LogP contribution in [-0.2, 0) is 63.0 Å². The van der Waals surface area contributed by atoms with Crippen molar-refractivity contribution < 1.29 is 57.5 Å². The highest BCUT2D eigenvalue weighted by atomic mass is 35.5. The third kappa shape index (κ3) is 31.9. The van der Waals surface area contributed by atoms with Crippen LogP contribution in [0.5, 0.6) is 0 Å². The molecule has 0 saturated heterocycles. The molecule has 0 bridgehead atoms. The van der Waals surface area contributed by atoms with Gasteiger partial charge in [-0.25, -0.2) is 25.8 Å². The molecule has 0 aliphatic heterocycles. The Kier molecular flexibility index (Phi) is 27.6. The molecule has 0 atom stereocenters. The minimum absolute atomic E-state index is 0. The highest BCUT2D eigenvalue weighted by Gasteiger charge is 2.31. The van der Waals surface area contributed by atoms with Gasteiger partial charge in [-0.1, -0.05) is 109 Å². The van der Waals surface area contributed by atoms with Gasteiger partial charge in [-0.2, -0.15) is 5.48 Å². The molecule has 0 heterocycles. The molecule has 4 N–H and O–H groups in total. The van der Waals surface area contributed by atoms with Crippen LogP contribution in [0, 0.1) is 0 Å². The quantitative estimate of drug-likeness (QED) is 0.0761. The summed E-state index contributed by atoms with van der Waals surface area (Å²) in [5.74, 6) is 3.58. The Morgan fingerprint density at radius 1 is 0.593 bits per heavy atom. The number of nitrogens with one attached hydrogen (secondary N) is 2. The molecule has 0 saturated carbocycles. The molecule has 17 heteroatoms. The van der Waals surface area contributed by atoms with Crippen molar-refractivity contribution >= 4 is 42.6 Å². The fraction of sp³-hybridized carbons (Fsp3) is 0.357. The maximum atomic E-state index is 11.8. The number of ether oxygens (including phenoxy) is 3. The number of hydrogen-bond donors (Lipinski definition) is 3. The molecule has 4 amide bonds. The van der Waals surface area contributed by atoms with Crippen LogP contribution < -0.4 is 16.9 Å². The number of imide groups is 1. The third-order valence-corrected chi connectivity index (χ3v) is 5.66. The maximum Gasteiger partial charge on any atom is 0.534 e. The lowest BCUT2D eigenvalue weighted by Gasteiger charge is -2.25. The van der Waals surface area contributed by atoms with Gasteiger partial charge in [0.2, 0.25) is 0 Å². The third-order valence-electron chi connectivity index (χ3n) is 5.66. The predicted octanol–water partition coefficient (Wildman–Crippen LogP) is 8.36. The zero-order valence-corrected chi connectivity index (χ0v) is 36.0. The highest BCUT2D eigenvalue weighted by molar-refractivity contribution is 5.97. The molecule has 59 heavy (non-hydrogen) atoms. The predicted molar refractivity (Wildman–Crippen MR) is 223 cm³/mol. The van der Waals surface area contributed by atoms with Gasteiger partial charge in [-0.15, -0.1) is 12.4 Å². The molecule has 3 aromatic carbocycles. The van der Waals surface area contributed by atoms with Crippen LogP contribution in [0.3, 0.4) is 0 Å². The lowest BCUT2D eigenvalue weighted by molar-refractivity contribution is -0.165. The van der Waals surface area contributed by atoms with E-state index in [1.54, 1.807) is 62.3 Å². The molecular weight excluding hydrogens is 788 g/mol. The second kappa shape index (κ2) is 29.4. The minimum atomic E-state index is -1.20. The van der Waals surface area contributed by atoms with Gasteiger partial charge in [0.1, 0.15) is 16.8 Å². The first-order valence-corrected chi connectivity index (χ1v) is 17.8. The Labute approximate surface area is 353 Å². The largest absolute Gasteiger partial charge is 0.534 e. The van der Waals surface area contributed by atoms with Crippen LogP contribution >= 0.6 is 12.4 Å². The van der Waals surface area contributed by atoms with E-state index in [0.717, 1.165) is 28.8 Å². The number of hydrogen-bond acceptors (Lipinski definition) is 13. The van der Waals surface area contributed by atoms with Crippen molar-refractivity contribution in [3.63, 3.8) is 0 Å². The van der Waals surface area contributed by atoms with E-state index < -0.39 is 41.1 Å². The number of rotatable bonds is 10. The molecule has 0 unspecified atom stereocenters. The highest BCUT2D eigenvalue weighted by Crippen LogP contribution is 2.14. The standard InChI is InChI=1S/C13H21NO6.C12H17NO3.C10H11NO2.C7H9NO.ClH/c1-8-9(15)14(10(16)18-12(2,3)4)20-11(17)19-13(5,6)7;1-12(2,3)16-11(14)13-15-9-10-7-5-4-6-8-10;1-2-10(12)11-13-8-9-6-4-3-5-7-9;8-9-6-7-4-2-1-3-5-7;/h8H,1H2,2-7H3;4-8H,9H2,1-3H3,(H,13,14);2-7H,1,8H2,(H,11,12);1-5H,6,8H2;1H. The first kappa shape index (κ1) is 55.3. The number of halogens is 1. The van der Waals surface area contributed by atoms with Crippen molar-refractivity contribution in [2.45, 2.75) is 98.9 Å². The smallest absolute Gasteiger partial charge is 0.442 e. The summed E-state index contributed by atoms with van der Waals surface area (Å²) in [6.45, 7) is 22.7. The Bertz CT molecular complexity index is 1680. The van der Waals surface area contributed by atoms with Gasteiger partial charge in [-0.3, -0.25) is 28.9 Å². The summed E-state index contributed by atoms with van der Waals surface area (Å²) in [6.07, 6.45) is -0.936. The molecule has 3 rings (SSSR count). The summed E-state index contributed by atoms with van der Waals surface area (Å²) >= 11 is 0. The molecule has 0 spiro atoms. The molecule has 326 valence electrons. The van der Waals surface area contributed by atoms with Crippen LogP contribution in [0.1, 0.15) is 79.0 Å². The van der Waals surface area contributed by atoms with Gasteiger partial charge in [-0.05, 0) is 91.2 Å². The number of nitrogens with zero attached hydrogens (tertiary/aromatic N) is 1. The van der Waals surface area contributed by atoms with Gasteiger partial charge in [0.05, 0.1) is 19.8 Å². The van der Waals surface area contributed by atoms with E-state index in [2.05, 4.69) is 33.8 Å². The van der Waals surface area contributed by atoms with Gasteiger partial charge in [0.25, 0.3) is 11.8 Å². The molecule has 0 aliphatic rings. The monoisotopic (exact) mass is 846 g/mol.